The molecule has 0 saturated carbocycles. The van der Waals surface area contributed by atoms with Crippen LogP contribution in [0.4, 0.5) is 9.59 Å². The highest BCUT2D eigenvalue weighted by molar-refractivity contribution is 5.96. The van der Waals surface area contributed by atoms with Crippen LogP contribution in [-0.2, 0) is 32.6 Å². The smallest absolute Gasteiger partial charge is 0.410 e. The van der Waals surface area contributed by atoms with E-state index in [-0.39, 0.29) is 24.0 Å². The number of carbonyl (C=O) groups excluding carboxylic acids is 4. The first-order valence-electron chi connectivity index (χ1n) is 18.4. The summed E-state index contributed by atoms with van der Waals surface area (Å²) in [7, 11) is 0. The highest BCUT2D eigenvalue weighted by Gasteiger charge is 2.48. The van der Waals surface area contributed by atoms with Crippen LogP contribution in [0.3, 0.4) is 0 Å². The Labute approximate surface area is 307 Å². The number of carbonyl (C=O) groups is 3. The molecule has 11 heteroatoms. The molecule has 0 bridgehead atoms. The van der Waals surface area contributed by atoms with E-state index in [1.54, 1.807) is 15.9 Å². The topological polar surface area (TPSA) is 120 Å². The van der Waals surface area contributed by atoms with Crippen LogP contribution in [0, 0.1) is 5.41 Å². The summed E-state index contributed by atoms with van der Waals surface area (Å²) in [6, 6.07) is 12.8. The number of nitrogens with zero attached hydrogens (tertiary/aromatic N) is 4. The van der Waals surface area contributed by atoms with E-state index in [2.05, 4.69) is 19.8 Å². The summed E-state index contributed by atoms with van der Waals surface area (Å²) in [5.41, 5.74) is 2.86. The molecule has 1 N–H and O–H groups in total. The van der Waals surface area contributed by atoms with Crippen molar-refractivity contribution in [3.05, 3.63) is 70.3 Å². The maximum Gasteiger partial charge on any atom is 0.410 e. The largest absolute Gasteiger partial charge is 0.444 e. The average Bonchev–Trinajstić information content (AvgIpc) is 3.04. The summed E-state index contributed by atoms with van der Waals surface area (Å²) in [4.78, 5) is 59.4. The molecule has 4 aliphatic rings. The minimum absolute atomic E-state index is 0.0220. The Hall–Kier alpha value is -4.34. The summed E-state index contributed by atoms with van der Waals surface area (Å²) in [5.74, 6) is 2.09. The van der Waals surface area contributed by atoms with Gasteiger partial charge in [-0.05, 0) is 89.6 Å². The molecule has 2 saturated heterocycles. The number of ether oxygens (including phenoxy) is 2. The lowest BCUT2D eigenvalue weighted by Crippen LogP contribution is -2.62. The molecule has 2 fully saturated rings. The Bertz CT molecular complexity index is 1770. The van der Waals surface area contributed by atoms with E-state index < -0.39 is 34.9 Å². The van der Waals surface area contributed by atoms with Gasteiger partial charge >= 0.3 is 12.2 Å². The van der Waals surface area contributed by atoms with Crippen molar-refractivity contribution in [3.8, 4) is 0 Å². The quantitative estimate of drug-likeness (QED) is 0.404. The molecule has 11 nitrogen and oxygen atoms in total. The first kappa shape index (κ1) is 37.4. The Balaban J connectivity index is 1.14. The lowest BCUT2D eigenvalue weighted by Gasteiger charge is -2.53. The average molecular weight is 715 g/mol. The fourth-order valence-electron chi connectivity index (χ4n) is 8.19. The van der Waals surface area contributed by atoms with Gasteiger partial charge in [-0.3, -0.25) is 9.69 Å². The zero-order valence-corrected chi connectivity index (χ0v) is 32.0. The number of aliphatic hydroxyl groups is 1. The number of hydrogen-bond acceptors (Lipinski definition) is 8. The molecule has 52 heavy (non-hydrogen) atoms. The third kappa shape index (κ3) is 7.71. The van der Waals surface area contributed by atoms with E-state index in [4.69, 9.17) is 9.47 Å². The second-order valence-electron chi connectivity index (χ2n) is 17.8. The lowest BCUT2D eigenvalue weighted by atomic mass is 9.72. The van der Waals surface area contributed by atoms with Crippen LogP contribution in [0.25, 0.3) is 5.70 Å². The van der Waals surface area contributed by atoms with Crippen LogP contribution in [-0.4, -0.2) is 111 Å². The van der Waals surface area contributed by atoms with Crippen molar-refractivity contribution >= 4 is 29.7 Å². The van der Waals surface area contributed by atoms with Crippen molar-refractivity contribution in [2.75, 3.05) is 39.3 Å². The van der Waals surface area contributed by atoms with Gasteiger partial charge in [0.1, 0.15) is 16.9 Å². The van der Waals surface area contributed by atoms with Gasteiger partial charge in [-0.25, -0.2) is 14.4 Å². The van der Waals surface area contributed by atoms with Gasteiger partial charge in [0.05, 0.1) is 12.1 Å². The number of benzene rings is 2. The van der Waals surface area contributed by atoms with Crippen molar-refractivity contribution in [1.82, 2.24) is 19.6 Å². The van der Waals surface area contributed by atoms with Crippen LogP contribution in [0.2, 0.25) is 0 Å². The maximum absolute atomic E-state index is 13.8. The number of hydrogen-bond donors (Lipinski definition) is 1. The highest BCUT2D eigenvalue weighted by atomic mass is 16.6. The SMILES string of the molecule is CC(C)(C)OC(=O)N1CC2(CCN(C(=O)c3ccc4c(c3)C(C)(C)CN(C[C@@H](O)[C@@H]3Cc5ccccc5CN3C(=O)OC(C)(C)C)C4=C=O)CC2)C1. The van der Waals surface area contributed by atoms with E-state index in [1.165, 1.54) is 0 Å². The van der Waals surface area contributed by atoms with Crippen molar-refractivity contribution in [2.45, 2.75) is 110 Å². The normalized spacial score (nSPS) is 21.4. The zero-order valence-electron chi connectivity index (χ0n) is 32.0. The molecule has 280 valence electrons. The summed E-state index contributed by atoms with van der Waals surface area (Å²) in [6.45, 7) is 18.6. The van der Waals surface area contributed by atoms with E-state index >= 15 is 0 Å². The van der Waals surface area contributed by atoms with Crippen LogP contribution in [0.1, 0.15) is 101 Å². The van der Waals surface area contributed by atoms with Crippen molar-refractivity contribution in [1.29, 1.82) is 0 Å². The Kier molecular flexibility index (Phi) is 9.77. The second kappa shape index (κ2) is 13.6. The summed E-state index contributed by atoms with van der Waals surface area (Å²) < 4.78 is 11.3. The monoisotopic (exact) mass is 714 g/mol. The molecule has 2 atom stereocenters. The van der Waals surface area contributed by atoms with Crippen LogP contribution >= 0.6 is 0 Å². The van der Waals surface area contributed by atoms with E-state index in [0.29, 0.717) is 62.5 Å². The van der Waals surface area contributed by atoms with Crippen LogP contribution in [0.5, 0.6) is 0 Å². The van der Waals surface area contributed by atoms with Crippen molar-refractivity contribution in [3.63, 3.8) is 0 Å². The number of piperidine rings is 1. The predicted molar refractivity (Wildman–Crippen MR) is 197 cm³/mol. The van der Waals surface area contributed by atoms with Crippen molar-refractivity contribution in [2.24, 2.45) is 5.41 Å². The van der Waals surface area contributed by atoms with E-state index in [9.17, 15) is 24.3 Å². The van der Waals surface area contributed by atoms with E-state index in [1.807, 2.05) is 87.7 Å². The number of aliphatic hydroxyl groups excluding tert-OH is 1. The maximum atomic E-state index is 13.8. The van der Waals surface area contributed by atoms with Gasteiger partial charge in [0.25, 0.3) is 5.91 Å². The van der Waals surface area contributed by atoms with Gasteiger partial charge in [-0.2, -0.15) is 0 Å². The first-order chi connectivity index (χ1) is 24.3. The minimum Gasteiger partial charge on any atom is -0.444 e. The van der Waals surface area contributed by atoms with Crippen molar-refractivity contribution < 1.29 is 33.8 Å². The molecule has 0 radical (unpaired) electrons. The first-order valence-corrected chi connectivity index (χ1v) is 18.4. The van der Waals surface area contributed by atoms with Gasteiger partial charge in [0, 0.05) is 67.8 Å². The number of rotatable bonds is 4. The molecule has 0 aromatic heterocycles. The number of β-amino-alcohol motifs (C(OH)–C–C–N with tert-alkyl or cyclic N) is 1. The van der Waals surface area contributed by atoms with Gasteiger partial charge < -0.3 is 29.3 Å². The third-order valence-electron chi connectivity index (χ3n) is 10.8. The number of amides is 3. The molecule has 3 amide bonds. The fraction of sp³-hybridized carbons (Fsp3) is 0.585. The summed E-state index contributed by atoms with van der Waals surface area (Å²) in [6.07, 6.45) is 0.335. The van der Waals surface area contributed by atoms with Gasteiger partial charge in [0.2, 0.25) is 0 Å². The van der Waals surface area contributed by atoms with Gasteiger partial charge in [-0.1, -0.05) is 44.2 Å². The van der Waals surface area contributed by atoms with Crippen LogP contribution < -0.4 is 0 Å². The van der Waals surface area contributed by atoms with Gasteiger partial charge in [0.15, 0.2) is 5.94 Å². The Morgan fingerprint density at radius 1 is 0.885 bits per heavy atom. The molecule has 2 aromatic rings. The lowest BCUT2D eigenvalue weighted by molar-refractivity contribution is -0.0563. The standard InChI is InChI=1S/C41H54N4O7/c1-38(2,3)51-36(49)44-25-41(26-44)15-17-42(18-16-41)35(48)28-13-14-30-31(19-28)40(7,8)24-43(33(30)23-46)22-34(47)32-20-27-11-9-10-12-29(27)21-45(32)37(50)52-39(4,5)6/h9-14,19,32,34,47H,15-18,20-22,24-26H2,1-8H3/t32-,34+/m0/s1. The van der Waals surface area contributed by atoms with E-state index in [0.717, 1.165) is 29.5 Å². The molecule has 0 aliphatic carbocycles. The predicted octanol–water partition coefficient (Wildman–Crippen LogP) is 5.65. The third-order valence-corrected chi connectivity index (χ3v) is 10.8. The molecule has 4 aliphatic heterocycles. The molecule has 6 rings (SSSR count). The van der Waals surface area contributed by atoms with Crippen LogP contribution in [0.15, 0.2) is 42.5 Å². The fourth-order valence-corrected chi connectivity index (χ4v) is 8.19. The molecule has 0 unspecified atom stereocenters. The molecular weight excluding hydrogens is 660 g/mol. The number of likely N-dealkylation sites (tertiary alicyclic amines) is 2. The minimum atomic E-state index is -0.989. The molecule has 2 aromatic carbocycles. The molecule has 1 spiro atoms. The van der Waals surface area contributed by atoms with Gasteiger partial charge in [-0.15, -0.1) is 0 Å². The highest BCUT2D eigenvalue weighted by Crippen LogP contribution is 2.42. The Morgan fingerprint density at radius 3 is 2.12 bits per heavy atom. The number of fused-ring (bicyclic) bond motifs is 2. The molecule has 4 heterocycles. The zero-order chi connectivity index (χ0) is 37.8. The second-order valence-corrected chi connectivity index (χ2v) is 17.8. The molecular formula is C41H54N4O7. The summed E-state index contributed by atoms with van der Waals surface area (Å²) >= 11 is 0. The Morgan fingerprint density at radius 2 is 1.50 bits per heavy atom. The summed E-state index contributed by atoms with van der Waals surface area (Å²) in [5, 5.41) is 11.8.